The topological polar surface area (TPSA) is 242 Å². The SMILES string of the molecule is CC1C(N(C)C2=C3C(O)=CNC3NC(=O)N2)C(O)(O)N(C(=O)CC#N)C(O)(O)C1(O)O. The Bertz CT molecular complexity index is 921. The number of aliphatic hydroxyl groups excluding tert-OH is 1. The van der Waals surface area contributed by atoms with Gasteiger partial charge in [0.1, 0.15) is 30.2 Å². The standard InChI is InChI=1S/C16H22N6O9/c1-6-10(21(2)12-9-7(23)5-18-11(9)19-13(25)20-12)15(28,29)22(8(24)3-4-17)16(30,31)14(6,26)27/h5-6,10-11,18,23,26-31H,3H2,1-2H3,(H2,19,20,25). The highest BCUT2D eigenvalue weighted by Crippen LogP contribution is 2.45. The molecule has 1 saturated heterocycles. The van der Waals surface area contributed by atoms with Crippen LogP contribution in [-0.2, 0) is 4.79 Å². The Kier molecular flexibility index (Phi) is 5.06. The molecule has 31 heavy (non-hydrogen) atoms. The molecule has 3 rings (SSSR count). The number of fused-ring (bicyclic) bond motifs is 1. The number of carbonyl (C=O) groups excluding carboxylic acids is 2. The van der Waals surface area contributed by atoms with E-state index < -0.39 is 59.0 Å². The third-order valence-corrected chi connectivity index (χ3v) is 5.60. The molecule has 0 spiro atoms. The fraction of sp³-hybridized carbons (Fsp3) is 0.562. The molecule has 0 aliphatic carbocycles. The van der Waals surface area contributed by atoms with Crippen LogP contribution in [0.2, 0.25) is 0 Å². The largest absolute Gasteiger partial charge is 0.506 e. The quantitative estimate of drug-likeness (QED) is 0.186. The molecule has 0 aromatic heterocycles. The van der Waals surface area contributed by atoms with E-state index in [2.05, 4.69) is 16.0 Å². The van der Waals surface area contributed by atoms with Gasteiger partial charge in [0, 0.05) is 19.2 Å². The molecule has 0 saturated carbocycles. The lowest BCUT2D eigenvalue weighted by Crippen LogP contribution is -2.84. The van der Waals surface area contributed by atoms with E-state index in [1.807, 2.05) is 0 Å². The molecular weight excluding hydrogens is 420 g/mol. The lowest BCUT2D eigenvalue weighted by molar-refractivity contribution is -0.501. The number of rotatable bonds is 3. The van der Waals surface area contributed by atoms with Crippen molar-refractivity contribution in [2.45, 2.75) is 43.2 Å². The summed E-state index contributed by atoms with van der Waals surface area (Å²) < 4.78 is 0. The Hall–Kier alpha value is -3.13. The van der Waals surface area contributed by atoms with E-state index in [0.717, 1.165) is 18.0 Å². The van der Waals surface area contributed by atoms with Gasteiger partial charge in [-0.25, -0.2) is 9.69 Å². The van der Waals surface area contributed by atoms with Crippen molar-refractivity contribution < 1.29 is 45.3 Å². The molecule has 0 bridgehead atoms. The van der Waals surface area contributed by atoms with E-state index in [1.54, 1.807) is 0 Å². The number of hydrogen-bond acceptors (Lipinski definition) is 12. The fourth-order valence-corrected chi connectivity index (χ4v) is 4.09. The van der Waals surface area contributed by atoms with Crippen LogP contribution < -0.4 is 16.0 Å². The molecule has 3 aliphatic heterocycles. The van der Waals surface area contributed by atoms with Crippen LogP contribution in [0.25, 0.3) is 0 Å². The second-order valence-corrected chi connectivity index (χ2v) is 7.45. The van der Waals surface area contributed by atoms with Crippen molar-refractivity contribution in [1.29, 1.82) is 5.26 Å². The first-order chi connectivity index (χ1) is 14.2. The Labute approximate surface area is 174 Å². The predicted octanol–water partition coefficient (Wildman–Crippen LogP) is -4.51. The molecular formula is C16H22N6O9. The van der Waals surface area contributed by atoms with Crippen LogP contribution in [-0.4, -0.2) is 94.3 Å². The van der Waals surface area contributed by atoms with Crippen LogP contribution in [0.5, 0.6) is 0 Å². The number of nitrogens with one attached hydrogen (secondary N) is 3. The number of likely N-dealkylation sites (tertiary alicyclic amines) is 1. The second-order valence-electron chi connectivity index (χ2n) is 7.45. The van der Waals surface area contributed by atoms with Crippen molar-refractivity contribution in [1.82, 2.24) is 25.8 Å². The number of nitrogens with zero attached hydrogens (tertiary/aromatic N) is 3. The summed E-state index contributed by atoms with van der Waals surface area (Å²) in [4.78, 5) is 24.8. The summed E-state index contributed by atoms with van der Waals surface area (Å²) in [5.74, 6) is -14.8. The molecule has 3 unspecified atom stereocenters. The number of likely N-dealkylation sites (N-methyl/N-ethyl adjacent to an activating group) is 1. The summed E-state index contributed by atoms with van der Waals surface area (Å²) in [6.07, 6.45) is -0.804. The normalized spacial score (nSPS) is 30.3. The maximum atomic E-state index is 12.3. The molecule has 0 aromatic carbocycles. The third-order valence-electron chi connectivity index (χ3n) is 5.60. The highest BCUT2D eigenvalue weighted by Gasteiger charge is 2.72. The van der Waals surface area contributed by atoms with E-state index in [1.165, 1.54) is 13.1 Å². The lowest BCUT2D eigenvalue weighted by atomic mass is 9.80. The highest BCUT2D eigenvalue weighted by atomic mass is 16.6. The summed E-state index contributed by atoms with van der Waals surface area (Å²) in [6.45, 7) is 1.02. The number of hydrogen-bond donors (Lipinski definition) is 10. The van der Waals surface area contributed by atoms with Crippen molar-refractivity contribution >= 4 is 11.9 Å². The minimum absolute atomic E-state index is 0.0475. The first-order valence-electron chi connectivity index (χ1n) is 8.94. The Morgan fingerprint density at radius 3 is 2.48 bits per heavy atom. The van der Waals surface area contributed by atoms with Crippen LogP contribution in [0.15, 0.2) is 23.4 Å². The van der Waals surface area contributed by atoms with Crippen LogP contribution in [0.3, 0.4) is 0 Å². The summed E-state index contributed by atoms with van der Waals surface area (Å²) in [5, 5.41) is 89.4. The van der Waals surface area contributed by atoms with E-state index in [9.17, 15) is 45.3 Å². The highest BCUT2D eigenvalue weighted by molar-refractivity contribution is 5.80. The summed E-state index contributed by atoms with van der Waals surface area (Å²) in [6, 6.07) is -1.29. The van der Waals surface area contributed by atoms with E-state index in [-0.39, 0.29) is 17.2 Å². The van der Waals surface area contributed by atoms with Crippen LogP contribution in [0, 0.1) is 17.2 Å². The molecule has 15 nitrogen and oxygen atoms in total. The number of amides is 3. The first-order valence-corrected chi connectivity index (χ1v) is 8.94. The number of aliphatic hydroxyl groups is 7. The van der Waals surface area contributed by atoms with Crippen molar-refractivity contribution in [3.63, 3.8) is 0 Å². The van der Waals surface area contributed by atoms with Gasteiger partial charge in [-0.3, -0.25) is 10.1 Å². The molecule has 0 radical (unpaired) electrons. The lowest BCUT2D eigenvalue weighted by Gasteiger charge is -2.59. The average molecular weight is 442 g/mol. The molecule has 3 heterocycles. The van der Waals surface area contributed by atoms with Gasteiger partial charge in [-0.15, -0.1) is 0 Å². The zero-order valence-corrected chi connectivity index (χ0v) is 16.3. The second kappa shape index (κ2) is 6.95. The molecule has 3 aliphatic rings. The van der Waals surface area contributed by atoms with E-state index in [0.29, 0.717) is 0 Å². The van der Waals surface area contributed by atoms with Gasteiger partial charge >= 0.3 is 11.9 Å². The Morgan fingerprint density at radius 2 is 1.90 bits per heavy atom. The van der Waals surface area contributed by atoms with E-state index >= 15 is 0 Å². The van der Waals surface area contributed by atoms with Crippen LogP contribution in [0.4, 0.5) is 4.79 Å². The number of urea groups is 1. The molecule has 10 N–H and O–H groups in total. The zero-order chi connectivity index (χ0) is 23.5. The average Bonchev–Trinajstić information content (AvgIpc) is 3.00. The number of carbonyl (C=O) groups is 2. The van der Waals surface area contributed by atoms with Gasteiger partial charge in [-0.2, -0.15) is 5.26 Å². The Morgan fingerprint density at radius 1 is 1.29 bits per heavy atom. The minimum Gasteiger partial charge on any atom is -0.506 e. The number of nitriles is 1. The van der Waals surface area contributed by atoms with Gasteiger partial charge in [0.05, 0.1) is 11.6 Å². The van der Waals surface area contributed by atoms with E-state index in [4.69, 9.17) is 5.26 Å². The molecule has 170 valence electrons. The van der Waals surface area contributed by atoms with Crippen molar-refractivity contribution in [3.8, 4) is 6.07 Å². The maximum Gasteiger partial charge on any atom is 0.322 e. The van der Waals surface area contributed by atoms with Crippen LogP contribution >= 0.6 is 0 Å². The fourth-order valence-electron chi connectivity index (χ4n) is 4.09. The van der Waals surface area contributed by atoms with Crippen molar-refractivity contribution in [2.24, 2.45) is 5.92 Å². The summed E-state index contributed by atoms with van der Waals surface area (Å²) >= 11 is 0. The minimum atomic E-state index is -3.91. The maximum absolute atomic E-state index is 12.3. The van der Waals surface area contributed by atoms with Crippen LogP contribution in [0.1, 0.15) is 13.3 Å². The predicted molar refractivity (Wildman–Crippen MR) is 95.6 cm³/mol. The molecule has 1 fully saturated rings. The Balaban J connectivity index is 2.16. The molecule has 3 atom stereocenters. The first kappa shape index (κ1) is 22.6. The van der Waals surface area contributed by atoms with Crippen molar-refractivity contribution in [2.75, 3.05) is 7.05 Å². The molecule has 3 amide bonds. The van der Waals surface area contributed by atoms with Gasteiger partial charge in [-0.05, 0) is 0 Å². The van der Waals surface area contributed by atoms with Gasteiger partial charge < -0.3 is 51.3 Å². The smallest absolute Gasteiger partial charge is 0.322 e. The zero-order valence-electron chi connectivity index (χ0n) is 16.3. The molecule has 0 aromatic rings. The summed E-state index contributed by atoms with van der Waals surface area (Å²) in [7, 11) is 1.17. The van der Waals surface area contributed by atoms with Gasteiger partial charge in [0.15, 0.2) is 0 Å². The summed E-state index contributed by atoms with van der Waals surface area (Å²) in [5.41, 5.74) is 0.0475. The number of piperidine rings is 1. The third kappa shape index (κ3) is 3.05. The van der Waals surface area contributed by atoms with Gasteiger partial charge in [-0.1, -0.05) is 6.92 Å². The van der Waals surface area contributed by atoms with Gasteiger partial charge in [0.25, 0.3) is 5.91 Å². The van der Waals surface area contributed by atoms with Gasteiger partial charge in [0.2, 0.25) is 11.7 Å². The monoisotopic (exact) mass is 442 g/mol. The van der Waals surface area contributed by atoms with Crippen molar-refractivity contribution in [3.05, 3.63) is 23.4 Å². The molecule has 15 heteroatoms.